The summed E-state index contributed by atoms with van der Waals surface area (Å²) in [5, 5.41) is 2.88. The third-order valence-electron chi connectivity index (χ3n) is 4.16. The standard InChI is InChI=1S/C19H25N3O3/c1-3-15(2)22(19(24)16-9-13-25-14-16)12-8-18(23)21-11-7-17-6-4-5-10-20-17/h4-6,9-10,13-15H,3,7-8,11-12H2,1-2H3,(H,21,23). The zero-order valence-electron chi connectivity index (χ0n) is 14.8. The Morgan fingerprint density at radius 1 is 1.32 bits per heavy atom. The molecule has 0 aliphatic carbocycles. The molecule has 0 aromatic carbocycles. The second-order valence-corrected chi connectivity index (χ2v) is 5.94. The Kier molecular flexibility index (Phi) is 7.19. The average molecular weight is 343 g/mol. The first-order chi connectivity index (χ1) is 12.1. The van der Waals surface area contributed by atoms with Gasteiger partial charge in [-0.15, -0.1) is 0 Å². The molecule has 0 bridgehead atoms. The Morgan fingerprint density at radius 2 is 2.16 bits per heavy atom. The van der Waals surface area contributed by atoms with E-state index in [9.17, 15) is 9.59 Å². The molecule has 0 saturated carbocycles. The third kappa shape index (κ3) is 5.74. The van der Waals surface area contributed by atoms with Crippen LogP contribution in [0, 0.1) is 0 Å². The number of aromatic nitrogens is 1. The molecule has 0 aliphatic heterocycles. The van der Waals surface area contributed by atoms with Crippen LogP contribution in [0.5, 0.6) is 0 Å². The van der Waals surface area contributed by atoms with Crippen molar-refractivity contribution in [1.29, 1.82) is 0 Å². The number of nitrogens with zero attached hydrogens (tertiary/aromatic N) is 2. The maximum atomic E-state index is 12.5. The van der Waals surface area contributed by atoms with Crippen molar-refractivity contribution in [2.75, 3.05) is 13.1 Å². The molecule has 0 fully saturated rings. The van der Waals surface area contributed by atoms with Gasteiger partial charge < -0.3 is 14.6 Å². The molecule has 2 aromatic heterocycles. The zero-order chi connectivity index (χ0) is 18.1. The molecule has 0 spiro atoms. The van der Waals surface area contributed by atoms with E-state index in [0.717, 1.165) is 12.1 Å². The number of amides is 2. The molecule has 2 heterocycles. The van der Waals surface area contributed by atoms with Gasteiger partial charge in [-0.3, -0.25) is 14.6 Å². The summed E-state index contributed by atoms with van der Waals surface area (Å²) < 4.78 is 4.99. The summed E-state index contributed by atoms with van der Waals surface area (Å²) in [6.45, 7) is 4.92. The summed E-state index contributed by atoms with van der Waals surface area (Å²) in [7, 11) is 0. The maximum absolute atomic E-state index is 12.5. The van der Waals surface area contributed by atoms with Crippen LogP contribution in [0.25, 0.3) is 0 Å². The molecule has 0 radical (unpaired) electrons. The lowest BCUT2D eigenvalue weighted by atomic mass is 10.1. The number of carbonyl (C=O) groups excluding carboxylic acids is 2. The number of pyridine rings is 1. The van der Waals surface area contributed by atoms with Gasteiger partial charge in [-0.05, 0) is 31.5 Å². The normalized spacial score (nSPS) is 11.8. The molecule has 6 nitrogen and oxygen atoms in total. The van der Waals surface area contributed by atoms with E-state index in [1.54, 1.807) is 17.2 Å². The van der Waals surface area contributed by atoms with E-state index in [0.29, 0.717) is 25.1 Å². The minimum Gasteiger partial charge on any atom is -0.472 e. The third-order valence-corrected chi connectivity index (χ3v) is 4.16. The van der Waals surface area contributed by atoms with Crippen molar-refractivity contribution in [3.05, 3.63) is 54.2 Å². The molecule has 25 heavy (non-hydrogen) atoms. The smallest absolute Gasteiger partial charge is 0.257 e. The summed E-state index contributed by atoms with van der Waals surface area (Å²) in [6.07, 6.45) is 6.44. The van der Waals surface area contributed by atoms with Gasteiger partial charge in [-0.2, -0.15) is 0 Å². The minimum absolute atomic E-state index is 0.0590. The first-order valence-electron chi connectivity index (χ1n) is 8.61. The molecule has 6 heteroatoms. The van der Waals surface area contributed by atoms with E-state index in [2.05, 4.69) is 10.3 Å². The summed E-state index contributed by atoms with van der Waals surface area (Å²) in [4.78, 5) is 30.6. The largest absolute Gasteiger partial charge is 0.472 e. The quantitative estimate of drug-likeness (QED) is 0.759. The summed E-state index contributed by atoms with van der Waals surface area (Å²) in [5.74, 6) is -0.173. The molecule has 0 aliphatic rings. The number of hydrogen-bond donors (Lipinski definition) is 1. The summed E-state index contributed by atoms with van der Waals surface area (Å²) >= 11 is 0. The first kappa shape index (κ1) is 18.7. The van der Waals surface area contributed by atoms with Crippen LogP contribution in [-0.2, 0) is 11.2 Å². The first-order valence-corrected chi connectivity index (χ1v) is 8.61. The summed E-state index contributed by atoms with van der Waals surface area (Å²) in [6, 6.07) is 7.42. The molecular weight excluding hydrogens is 318 g/mol. The van der Waals surface area contributed by atoms with Gasteiger partial charge in [-0.25, -0.2) is 0 Å². The highest BCUT2D eigenvalue weighted by Gasteiger charge is 2.21. The van der Waals surface area contributed by atoms with Gasteiger partial charge in [0.1, 0.15) is 6.26 Å². The van der Waals surface area contributed by atoms with E-state index in [4.69, 9.17) is 4.42 Å². The fraction of sp³-hybridized carbons (Fsp3) is 0.421. The van der Waals surface area contributed by atoms with Crippen LogP contribution in [0.15, 0.2) is 47.4 Å². The Morgan fingerprint density at radius 3 is 2.80 bits per heavy atom. The van der Waals surface area contributed by atoms with Gasteiger partial charge in [0.25, 0.3) is 5.91 Å². The van der Waals surface area contributed by atoms with Crippen LogP contribution in [0.2, 0.25) is 0 Å². The fourth-order valence-electron chi connectivity index (χ4n) is 2.48. The van der Waals surface area contributed by atoms with Crippen LogP contribution < -0.4 is 5.32 Å². The molecule has 1 N–H and O–H groups in total. The van der Waals surface area contributed by atoms with Gasteiger partial charge in [0.2, 0.25) is 5.91 Å². The SMILES string of the molecule is CCC(C)N(CCC(=O)NCCc1ccccn1)C(=O)c1ccoc1. The molecule has 1 atom stereocenters. The van der Waals surface area contributed by atoms with Crippen molar-refractivity contribution in [2.24, 2.45) is 0 Å². The second kappa shape index (κ2) is 9.61. The molecule has 0 saturated heterocycles. The number of hydrogen-bond acceptors (Lipinski definition) is 4. The molecule has 134 valence electrons. The van der Waals surface area contributed by atoms with Crippen LogP contribution in [-0.4, -0.2) is 40.8 Å². The number of nitrogens with one attached hydrogen (secondary N) is 1. The Bertz CT molecular complexity index is 656. The second-order valence-electron chi connectivity index (χ2n) is 5.94. The van der Waals surface area contributed by atoms with E-state index in [-0.39, 0.29) is 24.3 Å². The van der Waals surface area contributed by atoms with Gasteiger partial charge in [-0.1, -0.05) is 13.0 Å². The lowest BCUT2D eigenvalue weighted by Gasteiger charge is -2.28. The molecule has 2 amide bonds. The highest BCUT2D eigenvalue weighted by atomic mass is 16.3. The number of carbonyl (C=O) groups is 2. The highest BCUT2D eigenvalue weighted by molar-refractivity contribution is 5.94. The minimum atomic E-state index is -0.107. The molecule has 2 rings (SSSR count). The van der Waals surface area contributed by atoms with Crippen molar-refractivity contribution >= 4 is 11.8 Å². The van der Waals surface area contributed by atoms with Gasteiger partial charge >= 0.3 is 0 Å². The van der Waals surface area contributed by atoms with Crippen LogP contribution in [0.4, 0.5) is 0 Å². The highest BCUT2D eigenvalue weighted by Crippen LogP contribution is 2.12. The Balaban J connectivity index is 1.81. The van der Waals surface area contributed by atoms with Gasteiger partial charge in [0.05, 0.1) is 11.8 Å². The zero-order valence-corrected chi connectivity index (χ0v) is 14.8. The molecular formula is C19H25N3O3. The molecule has 1 unspecified atom stereocenters. The number of furan rings is 1. The fourth-order valence-corrected chi connectivity index (χ4v) is 2.48. The Hall–Kier alpha value is -2.63. The van der Waals surface area contributed by atoms with Crippen molar-refractivity contribution in [2.45, 2.75) is 39.2 Å². The van der Waals surface area contributed by atoms with E-state index in [1.807, 2.05) is 32.0 Å². The predicted molar refractivity (Wildman–Crippen MR) is 95.1 cm³/mol. The van der Waals surface area contributed by atoms with E-state index >= 15 is 0 Å². The topological polar surface area (TPSA) is 75.4 Å². The van der Waals surface area contributed by atoms with Gasteiger partial charge in [0.15, 0.2) is 0 Å². The molecule has 2 aromatic rings. The number of rotatable bonds is 9. The lowest BCUT2D eigenvalue weighted by Crippen LogP contribution is -2.41. The van der Waals surface area contributed by atoms with Gasteiger partial charge in [0, 0.05) is 43.9 Å². The monoisotopic (exact) mass is 343 g/mol. The van der Waals surface area contributed by atoms with Crippen molar-refractivity contribution in [3.8, 4) is 0 Å². The van der Waals surface area contributed by atoms with E-state index < -0.39 is 0 Å². The Labute approximate surface area is 148 Å². The van der Waals surface area contributed by atoms with Crippen molar-refractivity contribution < 1.29 is 14.0 Å². The maximum Gasteiger partial charge on any atom is 0.257 e. The van der Waals surface area contributed by atoms with Crippen LogP contribution >= 0.6 is 0 Å². The van der Waals surface area contributed by atoms with Crippen LogP contribution in [0.3, 0.4) is 0 Å². The predicted octanol–water partition coefficient (Wildman–Crippen LogP) is 2.66. The van der Waals surface area contributed by atoms with E-state index in [1.165, 1.54) is 12.5 Å². The average Bonchev–Trinajstić information content (AvgIpc) is 3.17. The lowest BCUT2D eigenvalue weighted by molar-refractivity contribution is -0.121. The van der Waals surface area contributed by atoms with Crippen molar-refractivity contribution in [1.82, 2.24) is 15.2 Å². The van der Waals surface area contributed by atoms with Crippen LogP contribution in [0.1, 0.15) is 42.7 Å². The summed E-state index contributed by atoms with van der Waals surface area (Å²) in [5.41, 5.74) is 1.45. The van der Waals surface area contributed by atoms with Crippen molar-refractivity contribution in [3.63, 3.8) is 0 Å².